The standard InChI is InChI=1S/C9H12N2O/c1-7-4-2-3-5-8(7)6-9(12)11-10/h2-5H,6,10H2,1H3,(H,11,12). The third-order valence-corrected chi connectivity index (χ3v) is 1.77. The molecule has 0 fully saturated rings. The van der Waals surface area contributed by atoms with E-state index in [4.69, 9.17) is 5.84 Å². The molecule has 12 heavy (non-hydrogen) atoms. The molecular formula is C9H12N2O. The summed E-state index contributed by atoms with van der Waals surface area (Å²) in [5, 5.41) is 0. The highest BCUT2D eigenvalue weighted by Gasteiger charge is 2.02. The van der Waals surface area contributed by atoms with Gasteiger partial charge in [-0.3, -0.25) is 10.2 Å². The zero-order valence-electron chi connectivity index (χ0n) is 7.00. The average Bonchev–Trinajstić information content (AvgIpc) is 2.09. The van der Waals surface area contributed by atoms with Gasteiger partial charge < -0.3 is 0 Å². The molecule has 0 saturated heterocycles. The van der Waals surface area contributed by atoms with Crippen LogP contribution in [-0.4, -0.2) is 5.91 Å². The quantitative estimate of drug-likeness (QED) is 0.380. The molecule has 0 saturated carbocycles. The maximum atomic E-state index is 10.9. The number of benzene rings is 1. The van der Waals surface area contributed by atoms with E-state index in [2.05, 4.69) is 5.43 Å². The van der Waals surface area contributed by atoms with Crippen molar-refractivity contribution >= 4 is 5.91 Å². The first-order chi connectivity index (χ1) is 5.74. The number of amides is 1. The predicted molar refractivity (Wildman–Crippen MR) is 47.2 cm³/mol. The number of hydrogen-bond acceptors (Lipinski definition) is 2. The Kier molecular flexibility index (Phi) is 2.82. The summed E-state index contributed by atoms with van der Waals surface area (Å²) in [6.45, 7) is 1.97. The van der Waals surface area contributed by atoms with Crippen molar-refractivity contribution in [3.63, 3.8) is 0 Å². The van der Waals surface area contributed by atoms with E-state index < -0.39 is 0 Å². The van der Waals surface area contributed by atoms with Gasteiger partial charge in [0.05, 0.1) is 6.42 Å². The summed E-state index contributed by atoms with van der Waals surface area (Å²) in [6.07, 6.45) is 0.350. The zero-order chi connectivity index (χ0) is 8.97. The Balaban J connectivity index is 2.75. The van der Waals surface area contributed by atoms with Crippen LogP contribution >= 0.6 is 0 Å². The zero-order valence-corrected chi connectivity index (χ0v) is 7.00. The highest BCUT2D eigenvalue weighted by molar-refractivity contribution is 5.78. The molecule has 0 aliphatic carbocycles. The number of hydrazine groups is 1. The van der Waals surface area contributed by atoms with Crippen molar-refractivity contribution in [3.05, 3.63) is 35.4 Å². The first-order valence-corrected chi connectivity index (χ1v) is 3.78. The second kappa shape index (κ2) is 3.88. The monoisotopic (exact) mass is 164 g/mol. The molecule has 3 N–H and O–H groups in total. The summed E-state index contributed by atoms with van der Waals surface area (Å²) < 4.78 is 0. The van der Waals surface area contributed by atoms with E-state index in [0.717, 1.165) is 11.1 Å². The fraction of sp³-hybridized carbons (Fsp3) is 0.222. The van der Waals surface area contributed by atoms with Crippen molar-refractivity contribution in [2.45, 2.75) is 13.3 Å². The van der Waals surface area contributed by atoms with E-state index in [-0.39, 0.29) is 5.91 Å². The molecule has 0 aliphatic rings. The third kappa shape index (κ3) is 2.07. The summed E-state index contributed by atoms with van der Waals surface area (Å²) in [5.74, 6) is 4.81. The number of carbonyl (C=O) groups excluding carboxylic acids is 1. The van der Waals surface area contributed by atoms with Gasteiger partial charge in [0, 0.05) is 0 Å². The molecule has 0 atom stereocenters. The van der Waals surface area contributed by atoms with Gasteiger partial charge in [-0.15, -0.1) is 0 Å². The lowest BCUT2D eigenvalue weighted by Crippen LogP contribution is -2.31. The lowest BCUT2D eigenvalue weighted by atomic mass is 10.1. The van der Waals surface area contributed by atoms with Gasteiger partial charge in [0.1, 0.15) is 0 Å². The van der Waals surface area contributed by atoms with Crippen LogP contribution in [0.1, 0.15) is 11.1 Å². The van der Waals surface area contributed by atoms with Gasteiger partial charge in [-0.2, -0.15) is 0 Å². The smallest absolute Gasteiger partial charge is 0.238 e. The molecule has 1 rings (SSSR count). The van der Waals surface area contributed by atoms with Crippen LogP contribution in [0.15, 0.2) is 24.3 Å². The Bertz CT molecular complexity index is 284. The summed E-state index contributed by atoms with van der Waals surface area (Å²) >= 11 is 0. The Morgan fingerprint density at radius 3 is 2.75 bits per heavy atom. The van der Waals surface area contributed by atoms with Crippen LogP contribution in [0.4, 0.5) is 0 Å². The largest absolute Gasteiger partial charge is 0.294 e. The number of aryl methyl sites for hydroxylation is 1. The molecule has 0 unspecified atom stereocenters. The summed E-state index contributed by atoms with van der Waals surface area (Å²) in [7, 11) is 0. The van der Waals surface area contributed by atoms with Crippen molar-refractivity contribution in [2.24, 2.45) is 5.84 Å². The van der Waals surface area contributed by atoms with Gasteiger partial charge in [-0.25, -0.2) is 5.84 Å². The normalized spacial score (nSPS) is 9.50. The minimum Gasteiger partial charge on any atom is -0.294 e. The average molecular weight is 164 g/mol. The molecule has 1 aromatic carbocycles. The lowest BCUT2D eigenvalue weighted by Gasteiger charge is -2.02. The van der Waals surface area contributed by atoms with Crippen molar-refractivity contribution in [1.82, 2.24) is 5.43 Å². The highest BCUT2D eigenvalue weighted by Crippen LogP contribution is 2.06. The molecule has 0 heterocycles. The van der Waals surface area contributed by atoms with Crippen molar-refractivity contribution < 1.29 is 4.79 Å². The van der Waals surface area contributed by atoms with E-state index in [1.165, 1.54) is 0 Å². The summed E-state index contributed by atoms with van der Waals surface area (Å²) in [6, 6.07) is 7.75. The molecule has 1 amide bonds. The Labute approximate surface area is 71.5 Å². The molecule has 3 nitrogen and oxygen atoms in total. The minimum absolute atomic E-state index is 0.163. The van der Waals surface area contributed by atoms with Gasteiger partial charge in [-0.1, -0.05) is 24.3 Å². The predicted octanol–water partition coefficient (Wildman–Crippen LogP) is 0.527. The van der Waals surface area contributed by atoms with E-state index in [9.17, 15) is 4.79 Å². The van der Waals surface area contributed by atoms with Gasteiger partial charge in [-0.05, 0) is 18.1 Å². The van der Waals surface area contributed by atoms with Gasteiger partial charge in [0.2, 0.25) is 5.91 Å². The number of nitrogens with one attached hydrogen (secondary N) is 1. The van der Waals surface area contributed by atoms with Crippen molar-refractivity contribution in [1.29, 1.82) is 0 Å². The molecule has 0 radical (unpaired) electrons. The molecule has 0 aromatic heterocycles. The van der Waals surface area contributed by atoms with Crippen LogP contribution in [0.2, 0.25) is 0 Å². The topological polar surface area (TPSA) is 55.1 Å². The molecular weight excluding hydrogens is 152 g/mol. The van der Waals surface area contributed by atoms with Crippen LogP contribution in [0.5, 0.6) is 0 Å². The number of hydrogen-bond donors (Lipinski definition) is 2. The number of carbonyl (C=O) groups is 1. The molecule has 0 spiro atoms. The second-order valence-corrected chi connectivity index (χ2v) is 2.67. The first kappa shape index (κ1) is 8.74. The number of nitrogens with two attached hydrogens (primary N) is 1. The van der Waals surface area contributed by atoms with Gasteiger partial charge in [0.25, 0.3) is 0 Å². The fourth-order valence-corrected chi connectivity index (χ4v) is 1.03. The summed E-state index contributed by atoms with van der Waals surface area (Å²) in [4.78, 5) is 10.9. The van der Waals surface area contributed by atoms with Crippen molar-refractivity contribution in [3.8, 4) is 0 Å². The van der Waals surface area contributed by atoms with E-state index in [0.29, 0.717) is 6.42 Å². The molecule has 1 aromatic rings. The maximum Gasteiger partial charge on any atom is 0.238 e. The Hall–Kier alpha value is -1.35. The van der Waals surface area contributed by atoms with Gasteiger partial charge in [0.15, 0.2) is 0 Å². The number of rotatable bonds is 2. The van der Waals surface area contributed by atoms with E-state index in [1.807, 2.05) is 31.2 Å². The first-order valence-electron chi connectivity index (χ1n) is 3.78. The molecule has 64 valence electrons. The molecule has 0 bridgehead atoms. The lowest BCUT2D eigenvalue weighted by molar-refractivity contribution is -0.120. The fourth-order valence-electron chi connectivity index (χ4n) is 1.03. The van der Waals surface area contributed by atoms with Crippen LogP contribution < -0.4 is 11.3 Å². The maximum absolute atomic E-state index is 10.9. The van der Waals surface area contributed by atoms with Gasteiger partial charge >= 0.3 is 0 Å². The highest BCUT2D eigenvalue weighted by atomic mass is 16.2. The van der Waals surface area contributed by atoms with E-state index in [1.54, 1.807) is 0 Å². The Morgan fingerprint density at radius 1 is 1.50 bits per heavy atom. The molecule has 0 aliphatic heterocycles. The Morgan fingerprint density at radius 2 is 2.17 bits per heavy atom. The van der Waals surface area contributed by atoms with Crippen LogP contribution in [0.3, 0.4) is 0 Å². The second-order valence-electron chi connectivity index (χ2n) is 2.67. The van der Waals surface area contributed by atoms with Crippen molar-refractivity contribution in [2.75, 3.05) is 0 Å². The van der Waals surface area contributed by atoms with E-state index >= 15 is 0 Å². The summed E-state index contributed by atoms with van der Waals surface area (Å²) in [5.41, 5.74) is 4.23. The van der Waals surface area contributed by atoms with Crippen LogP contribution in [0.25, 0.3) is 0 Å². The third-order valence-electron chi connectivity index (χ3n) is 1.77. The van der Waals surface area contributed by atoms with Crippen LogP contribution in [-0.2, 0) is 11.2 Å². The minimum atomic E-state index is -0.163. The van der Waals surface area contributed by atoms with Crippen LogP contribution in [0, 0.1) is 6.92 Å². The molecule has 3 heteroatoms. The SMILES string of the molecule is Cc1ccccc1CC(=O)NN.